The molecule has 0 bridgehead atoms. The highest BCUT2D eigenvalue weighted by atomic mass is 32.2. The summed E-state index contributed by atoms with van der Waals surface area (Å²) in [7, 11) is -3.71. The zero-order chi connectivity index (χ0) is 16.9. The molecule has 0 fully saturated rings. The van der Waals surface area contributed by atoms with Crippen LogP contribution in [0, 0.1) is 0 Å². The highest BCUT2D eigenvalue weighted by molar-refractivity contribution is 7.89. The van der Waals surface area contributed by atoms with Gasteiger partial charge in [-0.1, -0.05) is 18.2 Å². The molecule has 1 aliphatic heterocycles. The Kier molecular flexibility index (Phi) is 3.51. The van der Waals surface area contributed by atoms with E-state index in [2.05, 4.69) is 11.1 Å². The fraction of sp³-hybridized carbons (Fsp3) is 0.353. The minimum absolute atomic E-state index is 0.00955. The van der Waals surface area contributed by atoms with Crippen LogP contribution in [0.5, 0.6) is 0 Å². The lowest BCUT2D eigenvalue weighted by Crippen LogP contribution is -2.39. The number of H-pyrrole nitrogens is 1. The Morgan fingerprint density at radius 2 is 2.08 bits per heavy atom. The number of hydrogen-bond donors (Lipinski definition) is 2. The maximum absolute atomic E-state index is 12.9. The van der Waals surface area contributed by atoms with Gasteiger partial charge in [-0.25, -0.2) is 13.2 Å². The van der Waals surface area contributed by atoms with Gasteiger partial charge in [0.15, 0.2) is 0 Å². The van der Waals surface area contributed by atoms with Gasteiger partial charge in [0.1, 0.15) is 10.6 Å². The van der Waals surface area contributed by atoms with E-state index in [0.29, 0.717) is 13.1 Å². The van der Waals surface area contributed by atoms with Crippen molar-refractivity contribution in [1.82, 2.24) is 9.29 Å². The summed E-state index contributed by atoms with van der Waals surface area (Å²) in [6.07, 6.45) is 4.38. The van der Waals surface area contributed by atoms with Gasteiger partial charge in [-0.05, 0) is 47.9 Å². The first-order valence-electron chi connectivity index (χ1n) is 7.99. The second kappa shape index (κ2) is 5.46. The van der Waals surface area contributed by atoms with Gasteiger partial charge in [-0.2, -0.15) is 4.31 Å². The van der Waals surface area contributed by atoms with E-state index in [0.717, 1.165) is 24.8 Å². The predicted molar refractivity (Wildman–Crippen MR) is 87.5 cm³/mol. The van der Waals surface area contributed by atoms with Crippen LogP contribution in [0.4, 0.5) is 0 Å². The smallest absolute Gasteiger partial charge is 0.352 e. The number of aryl methyl sites for hydroxylation is 1. The molecule has 0 spiro atoms. The third-order valence-electron chi connectivity index (χ3n) is 4.99. The number of sulfonamides is 1. The molecule has 1 aromatic carbocycles. The topological polar surface area (TPSA) is 90.5 Å². The number of hydrogen-bond acceptors (Lipinski definition) is 3. The summed E-state index contributed by atoms with van der Waals surface area (Å²) >= 11 is 0. The maximum Gasteiger partial charge on any atom is 0.352 e. The quantitative estimate of drug-likeness (QED) is 0.892. The average molecular weight is 346 g/mol. The fourth-order valence-electron chi connectivity index (χ4n) is 3.89. The van der Waals surface area contributed by atoms with Crippen LogP contribution in [0.2, 0.25) is 0 Å². The lowest BCUT2D eigenvalue weighted by atomic mass is 9.78. The number of aromatic carboxylic acids is 1. The Bertz CT molecular complexity index is 916. The number of rotatable bonds is 3. The summed E-state index contributed by atoms with van der Waals surface area (Å²) in [6.45, 7) is 0.801. The van der Waals surface area contributed by atoms with Crippen molar-refractivity contribution in [2.75, 3.05) is 6.54 Å². The van der Waals surface area contributed by atoms with Crippen molar-refractivity contribution < 1.29 is 18.3 Å². The molecule has 2 aromatic rings. The van der Waals surface area contributed by atoms with E-state index in [-0.39, 0.29) is 16.5 Å². The van der Waals surface area contributed by atoms with E-state index < -0.39 is 16.0 Å². The molecule has 4 rings (SSSR count). The standard InChI is InChI=1S/C17H18N2O4S/c20-17(21)15-7-14(8-18-15)24(22,23)19-9-12-5-1-3-11-4-2-6-13(10-19)16(11)12/h1,3,5,7-8,13,18H,2,4,6,9-10H2,(H,20,21). The predicted octanol–water partition coefficient (Wildman–Crippen LogP) is 2.34. The van der Waals surface area contributed by atoms with Crippen LogP contribution in [-0.2, 0) is 23.0 Å². The lowest BCUT2D eigenvalue weighted by Gasteiger charge is -2.37. The van der Waals surface area contributed by atoms with Crippen LogP contribution in [0.15, 0.2) is 35.4 Å². The van der Waals surface area contributed by atoms with Crippen LogP contribution in [-0.4, -0.2) is 35.3 Å². The molecule has 2 heterocycles. The minimum atomic E-state index is -3.71. The van der Waals surface area contributed by atoms with Gasteiger partial charge >= 0.3 is 5.97 Å². The summed E-state index contributed by atoms with van der Waals surface area (Å²) < 4.78 is 27.3. The number of aromatic amines is 1. The Hall–Kier alpha value is -2.12. The number of carbonyl (C=O) groups is 1. The molecule has 0 radical (unpaired) electrons. The highest BCUT2D eigenvalue weighted by Crippen LogP contribution is 2.40. The van der Waals surface area contributed by atoms with Crippen molar-refractivity contribution in [2.24, 2.45) is 0 Å². The van der Waals surface area contributed by atoms with Crippen molar-refractivity contribution in [3.63, 3.8) is 0 Å². The van der Waals surface area contributed by atoms with Crippen LogP contribution < -0.4 is 0 Å². The molecular formula is C17H18N2O4S. The molecular weight excluding hydrogens is 328 g/mol. The van der Waals surface area contributed by atoms with Crippen molar-refractivity contribution in [1.29, 1.82) is 0 Å². The molecule has 0 saturated carbocycles. The number of nitrogens with zero attached hydrogens (tertiary/aromatic N) is 1. The fourth-order valence-corrected chi connectivity index (χ4v) is 5.35. The molecule has 0 amide bonds. The lowest BCUT2D eigenvalue weighted by molar-refractivity contribution is 0.0691. The third-order valence-corrected chi connectivity index (χ3v) is 6.78. The second-order valence-corrected chi connectivity index (χ2v) is 8.37. The van der Waals surface area contributed by atoms with Crippen molar-refractivity contribution in [3.8, 4) is 0 Å². The van der Waals surface area contributed by atoms with Crippen LogP contribution in [0.1, 0.15) is 45.9 Å². The van der Waals surface area contributed by atoms with Gasteiger partial charge in [-0.15, -0.1) is 0 Å². The number of carboxylic acid groups (broad SMARTS) is 1. The molecule has 1 atom stereocenters. The molecule has 2 N–H and O–H groups in total. The summed E-state index contributed by atoms with van der Waals surface area (Å²) in [6, 6.07) is 7.31. The zero-order valence-electron chi connectivity index (χ0n) is 13.0. The molecule has 6 nitrogen and oxygen atoms in total. The number of nitrogens with one attached hydrogen (secondary N) is 1. The zero-order valence-corrected chi connectivity index (χ0v) is 13.8. The van der Waals surface area contributed by atoms with Crippen molar-refractivity contribution in [2.45, 2.75) is 36.6 Å². The highest BCUT2D eigenvalue weighted by Gasteiger charge is 2.36. The Labute approximate surface area is 140 Å². The van der Waals surface area contributed by atoms with E-state index in [1.165, 1.54) is 27.7 Å². The SMILES string of the molecule is O=C(O)c1cc(S(=O)(=O)N2Cc3cccc4c3C(CCC4)C2)c[nH]1. The van der Waals surface area contributed by atoms with Crippen molar-refractivity contribution >= 4 is 16.0 Å². The van der Waals surface area contributed by atoms with Gasteiger partial charge in [0, 0.05) is 19.3 Å². The Morgan fingerprint density at radius 3 is 2.83 bits per heavy atom. The largest absolute Gasteiger partial charge is 0.477 e. The minimum Gasteiger partial charge on any atom is -0.477 e. The van der Waals surface area contributed by atoms with E-state index in [1.54, 1.807) is 0 Å². The first kappa shape index (κ1) is 15.4. The van der Waals surface area contributed by atoms with Gasteiger partial charge in [0.2, 0.25) is 10.0 Å². The van der Waals surface area contributed by atoms with Gasteiger partial charge in [0.05, 0.1) is 0 Å². The summed E-state index contributed by atoms with van der Waals surface area (Å²) in [5, 5.41) is 8.98. The number of aromatic nitrogens is 1. The average Bonchev–Trinajstić information content (AvgIpc) is 3.06. The van der Waals surface area contributed by atoms with E-state index in [1.807, 2.05) is 12.1 Å². The number of carboxylic acids is 1. The normalized spacial score (nSPS) is 20.6. The molecule has 2 aliphatic rings. The van der Waals surface area contributed by atoms with E-state index in [9.17, 15) is 13.2 Å². The molecule has 24 heavy (non-hydrogen) atoms. The molecule has 1 aromatic heterocycles. The van der Waals surface area contributed by atoms with Gasteiger partial charge < -0.3 is 10.1 Å². The molecule has 0 saturated heterocycles. The van der Waals surface area contributed by atoms with Crippen molar-refractivity contribution in [3.05, 3.63) is 52.8 Å². The maximum atomic E-state index is 12.9. The summed E-state index contributed by atoms with van der Waals surface area (Å²) in [5.74, 6) is -0.941. The Balaban J connectivity index is 1.71. The first-order valence-corrected chi connectivity index (χ1v) is 9.43. The van der Waals surface area contributed by atoms with Gasteiger partial charge in [-0.3, -0.25) is 0 Å². The summed E-state index contributed by atoms with van der Waals surface area (Å²) in [5.41, 5.74) is 3.62. The monoisotopic (exact) mass is 346 g/mol. The van der Waals surface area contributed by atoms with E-state index >= 15 is 0 Å². The second-order valence-electron chi connectivity index (χ2n) is 6.43. The van der Waals surface area contributed by atoms with E-state index in [4.69, 9.17) is 5.11 Å². The van der Waals surface area contributed by atoms with Crippen LogP contribution in [0.3, 0.4) is 0 Å². The summed E-state index contributed by atoms with van der Waals surface area (Å²) in [4.78, 5) is 13.5. The molecule has 126 valence electrons. The Morgan fingerprint density at radius 1 is 1.29 bits per heavy atom. The van der Waals surface area contributed by atoms with Gasteiger partial charge in [0.25, 0.3) is 0 Å². The van der Waals surface area contributed by atoms with Crippen LogP contribution in [0.25, 0.3) is 0 Å². The van der Waals surface area contributed by atoms with Crippen LogP contribution >= 0.6 is 0 Å². The molecule has 1 unspecified atom stereocenters. The third kappa shape index (κ3) is 2.35. The number of benzene rings is 1. The molecule has 1 aliphatic carbocycles. The first-order chi connectivity index (χ1) is 11.5. The molecule has 7 heteroatoms.